The summed E-state index contributed by atoms with van der Waals surface area (Å²) in [5.41, 5.74) is 0.644. The molecule has 0 bridgehead atoms. The van der Waals surface area contributed by atoms with Gasteiger partial charge in [0.1, 0.15) is 16.5 Å². The van der Waals surface area contributed by atoms with E-state index in [2.05, 4.69) is 10.0 Å². The van der Waals surface area contributed by atoms with Gasteiger partial charge in [0.05, 0.1) is 11.9 Å². The topological polar surface area (TPSA) is 102 Å². The van der Waals surface area contributed by atoms with E-state index in [1.807, 2.05) is 24.3 Å². The van der Waals surface area contributed by atoms with Gasteiger partial charge >= 0.3 is 5.97 Å². The predicted octanol–water partition coefficient (Wildman–Crippen LogP) is 0.666. The molecule has 134 valence electrons. The highest BCUT2D eigenvalue weighted by molar-refractivity contribution is 7.84. The van der Waals surface area contributed by atoms with Gasteiger partial charge in [0, 0.05) is 19.3 Å². The third kappa shape index (κ3) is 3.58. The molecule has 3 rings (SSSR count). The number of carbonyl (C=O) groups is 3. The molecule has 0 aromatic heterocycles. The Kier molecular flexibility index (Phi) is 4.89. The number of hydrogen-bond acceptors (Lipinski definition) is 5. The molecule has 0 saturated carbocycles. The van der Waals surface area contributed by atoms with Crippen LogP contribution in [-0.2, 0) is 36.5 Å². The molecule has 8 heteroatoms. The Morgan fingerprint density at radius 3 is 2.52 bits per heavy atom. The fourth-order valence-corrected chi connectivity index (χ4v) is 4.41. The van der Waals surface area contributed by atoms with Crippen LogP contribution in [0.3, 0.4) is 0 Å². The smallest absolute Gasteiger partial charge is 0.332 e. The highest BCUT2D eigenvalue weighted by atomic mass is 32.2. The van der Waals surface area contributed by atoms with Crippen LogP contribution in [0.1, 0.15) is 42.6 Å². The van der Waals surface area contributed by atoms with Gasteiger partial charge in [0.2, 0.25) is 11.8 Å². The molecule has 3 atom stereocenters. The number of esters is 1. The second-order valence-corrected chi connectivity index (χ2v) is 7.65. The summed E-state index contributed by atoms with van der Waals surface area (Å²) in [6, 6.07) is 7.29. The SMILES string of the molecule is CCOC(=O)C1(Cc2ccc(C3CC(=O)NS3=O)cc2)CCC(=O)N1. The minimum atomic E-state index is -1.41. The van der Waals surface area contributed by atoms with E-state index in [0.29, 0.717) is 19.3 Å². The van der Waals surface area contributed by atoms with Gasteiger partial charge in [-0.2, -0.15) is 0 Å². The number of carbonyl (C=O) groups excluding carboxylic acids is 3. The van der Waals surface area contributed by atoms with Crippen molar-refractivity contribution in [2.24, 2.45) is 0 Å². The lowest BCUT2D eigenvalue weighted by Crippen LogP contribution is -2.51. The second-order valence-electron chi connectivity index (χ2n) is 6.28. The summed E-state index contributed by atoms with van der Waals surface area (Å²) in [5, 5.41) is 2.41. The molecule has 2 fully saturated rings. The zero-order chi connectivity index (χ0) is 18.0. The maximum atomic E-state index is 12.3. The highest BCUT2D eigenvalue weighted by Crippen LogP contribution is 2.30. The van der Waals surface area contributed by atoms with Crippen LogP contribution in [-0.4, -0.2) is 34.1 Å². The van der Waals surface area contributed by atoms with Crippen LogP contribution in [0.2, 0.25) is 0 Å². The Bertz CT molecular complexity index is 733. The minimum Gasteiger partial charge on any atom is -0.464 e. The van der Waals surface area contributed by atoms with Gasteiger partial charge in [0.15, 0.2) is 0 Å². The van der Waals surface area contributed by atoms with Crippen molar-refractivity contribution in [1.82, 2.24) is 10.0 Å². The first kappa shape index (κ1) is 17.6. The summed E-state index contributed by atoms with van der Waals surface area (Å²) in [4.78, 5) is 35.4. The van der Waals surface area contributed by atoms with E-state index in [-0.39, 0.29) is 30.1 Å². The molecule has 0 spiro atoms. The molecule has 1 aromatic carbocycles. The Hall–Kier alpha value is -2.22. The third-order valence-corrected chi connectivity index (χ3v) is 5.91. The number of benzene rings is 1. The average molecular weight is 364 g/mol. The average Bonchev–Trinajstić information content (AvgIpc) is 3.11. The van der Waals surface area contributed by atoms with Crippen LogP contribution < -0.4 is 10.0 Å². The number of amides is 2. The van der Waals surface area contributed by atoms with Crippen molar-refractivity contribution in [1.29, 1.82) is 0 Å². The zero-order valence-corrected chi connectivity index (χ0v) is 14.7. The normalized spacial score (nSPS) is 28.5. The zero-order valence-electron chi connectivity index (χ0n) is 13.9. The number of ether oxygens (including phenoxy) is 1. The van der Waals surface area contributed by atoms with Crippen LogP contribution in [0.4, 0.5) is 0 Å². The van der Waals surface area contributed by atoms with E-state index in [1.54, 1.807) is 6.92 Å². The van der Waals surface area contributed by atoms with E-state index in [0.717, 1.165) is 11.1 Å². The Morgan fingerprint density at radius 1 is 1.28 bits per heavy atom. The first-order valence-corrected chi connectivity index (χ1v) is 9.42. The summed E-state index contributed by atoms with van der Waals surface area (Å²) < 4.78 is 19.4. The molecule has 2 aliphatic heterocycles. The quantitative estimate of drug-likeness (QED) is 0.748. The molecule has 1 aromatic rings. The van der Waals surface area contributed by atoms with Crippen molar-refractivity contribution in [3.63, 3.8) is 0 Å². The Morgan fingerprint density at radius 2 is 2.00 bits per heavy atom. The molecular weight excluding hydrogens is 344 g/mol. The van der Waals surface area contributed by atoms with Crippen molar-refractivity contribution in [2.75, 3.05) is 6.61 Å². The molecule has 2 amide bonds. The molecule has 25 heavy (non-hydrogen) atoms. The van der Waals surface area contributed by atoms with Crippen LogP contribution in [0.5, 0.6) is 0 Å². The monoisotopic (exact) mass is 364 g/mol. The van der Waals surface area contributed by atoms with Gasteiger partial charge in [-0.15, -0.1) is 0 Å². The summed E-state index contributed by atoms with van der Waals surface area (Å²) in [6.07, 6.45) is 1.24. The molecule has 3 unspecified atom stereocenters. The molecule has 0 radical (unpaired) electrons. The largest absolute Gasteiger partial charge is 0.464 e. The van der Waals surface area contributed by atoms with Gasteiger partial charge < -0.3 is 10.1 Å². The number of nitrogens with one attached hydrogen (secondary N) is 2. The summed E-state index contributed by atoms with van der Waals surface area (Å²) >= 11 is 0. The summed E-state index contributed by atoms with van der Waals surface area (Å²) in [5.74, 6) is -0.797. The van der Waals surface area contributed by atoms with E-state index < -0.39 is 22.5 Å². The van der Waals surface area contributed by atoms with Gasteiger partial charge in [-0.3, -0.25) is 14.3 Å². The van der Waals surface area contributed by atoms with Gasteiger partial charge in [-0.25, -0.2) is 9.00 Å². The predicted molar refractivity (Wildman–Crippen MR) is 90.5 cm³/mol. The van der Waals surface area contributed by atoms with E-state index in [4.69, 9.17) is 4.74 Å². The lowest BCUT2D eigenvalue weighted by Gasteiger charge is -2.26. The van der Waals surface area contributed by atoms with Crippen molar-refractivity contribution in [3.05, 3.63) is 35.4 Å². The van der Waals surface area contributed by atoms with Crippen LogP contribution >= 0.6 is 0 Å². The van der Waals surface area contributed by atoms with E-state index in [9.17, 15) is 18.6 Å². The van der Waals surface area contributed by atoms with Crippen molar-refractivity contribution >= 4 is 28.8 Å². The molecule has 7 nitrogen and oxygen atoms in total. The lowest BCUT2D eigenvalue weighted by molar-refractivity contribution is -0.151. The first-order valence-electron chi connectivity index (χ1n) is 8.20. The second kappa shape index (κ2) is 6.95. The Balaban J connectivity index is 1.77. The lowest BCUT2D eigenvalue weighted by atomic mass is 9.89. The highest BCUT2D eigenvalue weighted by Gasteiger charge is 2.45. The van der Waals surface area contributed by atoms with Crippen molar-refractivity contribution in [2.45, 2.75) is 43.4 Å². The fraction of sp³-hybridized carbons (Fsp3) is 0.471. The molecule has 2 saturated heterocycles. The van der Waals surface area contributed by atoms with Gasteiger partial charge in [-0.05, 0) is 24.5 Å². The van der Waals surface area contributed by atoms with Crippen molar-refractivity contribution in [3.8, 4) is 0 Å². The van der Waals surface area contributed by atoms with Crippen LogP contribution in [0.25, 0.3) is 0 Å². The molecule has 2 heterocycles. The molecule has 0 aliphatic carbocycles. The van der Waals surface area contributed by atoms with Crippen LogP contribution in [0.15, 0.2) is 24.3 Å². The maximum absolute atomic E-state index is 12.3. The molecule has 2 N–H and O–H groups in total. The summed E-state index contributed by atoms with van der Waals surface area (Å²) in [6.45, 7) is 1.98. The first-order chi connectivity index (χ1) is 11.9. The van der Waals surface area contributed by atoms with Gasteiger partial charge in [-0.1, -0.05) is 24.3 Å². The summed E-state index contributed by atoms with van der Waals surface area (Å²) in [7, 11) is -1.41. The standard InChI is InChI=1S/C17H20N2O5S/c1-2-24-16(22)17(8-7-14(20)18-17)10-11-3-5-12(6-4-11)13-9-15(21)19-25(13)23/h3-6,13H,2,7-10H2,1H3,(H,18,20)(H,19,21). The Labute approximate surface area is 148 Å². The molecular formula is C17H20N2O5S. The number of rotatable bonds is 5. The molecule has 2 aliphatic rings. The van der Waals surface area contributed by atoms with Gasteiger partial charge in [0.25, 0.3) is 0 Å². The van der Waals surface area contributed by atoms with E-state index in [1.165, 1.54) is 0 Å². The minimum absolute atomic E-state index is 0.157. The fourth-order valence-electron chi connectivity index (χ4n) is 3.25. The van der Waals surface area contributed by atoms with Crippen LogP contribution in [0, 0.1) is 0 Å². The van der Waals surface area contributed by atoms with Crippen molar-refractivity contribution < 1.29 is 23.3 Å². The van der Waals surface area contributed by atoms with E-state index >= 15 is 0 Å². The number of hydrogen-bond donors (Lipinski definition) is 2. The maximum Gasteiger partial charge on any atom is 0.332 e. The third-order valence-electron chi connectivity index (χ3n) is 4.52.